The van der Waals surface area contributed by atoms with Crippen molar-refractivity contribution in [3.05, 3.63) is 71.4 Å². The summed E-state index contributed by atoms with van der Waals surface area (Å²) in [6, 6.07) is 17.8. The lowest BCUT2D eigenvalue weighted by molar-refractivity contribution is -0.140. The monoisotopic (exact) mass is 529 g/mol. The summed E-state index contributed by atoms with van der Waals surface area (Å²) in [4.78, 5) is 27.5. The Morgan fingerprint density at radius 3 is 2.08 bits per heavy atom. The van der Waals surface area contributed by atoms with Gasteiger partial charge in [0.2, 0.25) is 5.91 Å². The van der Waals surface area contributed by atoms with Crippen molar-refractivity contribution < 1.29 is 9.59 Å². The summed E-state index contributed by atoms with van der Waals surface area (Å²) in [6.07, 6.45) is 3.03. The number of urea groups is 1. The van der Waals surface area contributed by atoms with E-state index in [1.165, 1.54) is 11.1 Å². The zero-order valence-corrected chi connectivity index (χ0v) is 24.5. The van der Waals surface area contributed by atoms with Gasteiger partial charge in [-0.05, 0) is 61.9 Å². The second kappa shape index (κ2) is 11.2. The highest BCUT2D eigenvalue weighted by Crippen LogP contribution is 2.28. The van der Waals surface area contributed by atoms with Gasteiger partial charge in [0.1, 0.15) is 5.82 Å². The van der Waals surface area contributed by atoms with E-state index in [4.69, 9.17) is 5.10 Å². The van der Waals surface area contributed by atoms with E-state index in [1.807, 2.05) is 75.1 Å². The molecule has 2 aromatic carbocycles. The number of hydrogen-bond acceptors (Lipinski definition) is 3. The Hall–Kier alpha value is -3.61. The number of piperidine rings is 1. The maximum Gasteiger partial charge on any atom is 0.324 e. The summed E-state index contributed by atoms with van der Waals surface area (Å²) < 4.78 is 1.78. The molecule has 1 aliphatic rings. The van der Waals surface area contributed by atoms with Crippen molar-refractivity contribution in [3.8, 4) is 5.69 Å². The molecule has 4 rings (SSSR count). The molecule has 1 saturated heterocycles. The topological polar surface area (TPSA) is 79.3 Å². The lowest BCUT2D eigenvalue weighted by atomic mass is 9.88. The van der Waals surface area contributed by atoms with Gasteiger partial charge in [-0.1, -0.05) is 71.4 Å². The van der Waals surface area contributed by atoms with Gasteiger partial charge in [0.25, 0.3) is 0 Å². The average Bonchev–Trinajstić information content (AvgIpc) is 3.29. The number of amides is 3. The van der Waals surface area contributed by atoms with E-state index in [9.17, 15) is 9.59 Å². The number of benzene rings is 2. The van der Waals surface area contributed by atoms with Crippen LogP contribution >= 0.6 is 0 Å². The number of aromatic nitrogens is 2. The standard InChI is InChI=1S/C32H43N5O2/c1-22-8-14-26(15-9-22)37-28(21-27(35-37)31(2,3)4)34-30(39)33-25-12-10-23(11-13-25)20-24-16-18-36(19-17-24)29(38)32(5,6)7/h8-15,21,24H,16-20H2,1-7H3,(H2,33,34,39). The molecule has 3 amide bonds. The minimum atomic E-state index is -0.322. The quantitative estimate of drug-likeness (QED) is 0.375. The van der Waals surface area contributed by atoms with Crippen molar-refractivity contribution in [3.63, 3.8) is 0 Å². The third kappa shape index (κ3) is 7.28. The molecule has 7 heteroatoms. The summed E-state index contributed by atoms with van der Waals surface area (Å²) in [5.41, 5.74) is 4.46. The van der Waals surface area contributed by atoms with Crippen LogP contribution in [0.25, 0.3) is 5.69 Å². The fourth-order valence-corrected chi connectivity index (χ4v) is 4.87. The summed E-state index contributed by atoms with van der Waals surface area (Å²) in [6.45, 7) is 16.0. The Kier molecular flexibility index (Phi) is 8.19. The normalized spacial score (nSPS) is 14.8. The second-order valence-electron chi connectivity index (χ2n) is 12.9. The first-order valence-corrected chi connectivity index (χ1v) is 13.9. The van der Waals surface area contributed by atoms with Crippen LogP contribution in [0.1, 0.15) is 71.2 Å². The van der Waals surface area contributed by atoms with Crippen LogP contribution in [0.2, 0.25) is 0 Å². The molecule has 0 saturated carbocycles. The average molecular weight is 530 g/mol. The van der Waals surface area contributed by atoms with Crippen molar-refractivity contribution in [2.75, 3.05) is 23.7 Å². The van der Waals surface area contributed by atoms with Crippen LogP contribution in [-0.4, -0.2) is 39.7 Å². The van der Waals surface area contributed by atoms with E-state index in [0.29, 0.717) is 11.7 Å². The molecule has 0 bridgehead atoms. The van der Waals surface area contributed by atoms with Crippen LogP contribution in [0.3, 0.4) is 0 Å². The molecule has 0 atom stereocenters. The smallest absolute Gasteiger partial charge is 0.324 e. The molecular weight excluding hydrogens is 486 g/mol. The SMILES string of the molecule is Cc1ccc(-n2nc(C(C)(C)C)cc2NC(=O)Nc2ccc(CC3CCN(C(=O)C(C)(C)C)CC3)cc2)cc1. The van der Waals surface area contributed by atoms with E-state index < -0.39 is 0 Å². The molecule has 0 radical (unpaired) electrons. The molecule has 1 aromatic heterocycles. The summed E-state index contributed by atoms with van der Waals surface area (Å²) in [5, 5.41) is 10.7. The molecule has 0 spiro atoms. The van der Waals surface area contributed by atoms with Gasteiger partial charge < -0.3 is 10.2 Å². The minimum absolute atomic E-state index is 0.155. The first-order valence-electron chi connectivity index (χ1n) is 13.9. The summed E-state index contributed by atoms with van der Waals surface area (Å²) in [7, 11) is 0. The first-order chi connectivity index (χ1) is 18.3. The Balaban J connectivity index is 1.36. The lowest BCUT2D eigenvalue weighted by Gasteiger charge is -2.35. The number of nitrogens with one attached hydrogen (secondary N) is 2. The lowest BCUT2D eigenvalue weighted by Crippen LogP contribution is -2.44. The molecule has 208 valence electrons. The van der Waals surface area contributed by atoms with Crippen molar-refractivity contribution in [2.24, 2.45) is 11.3 Å². The molecule has 1 aliphatic heterocycles. The molecule has 0 aliphatic carbocycles. The Labute approximate surface area is 233 Å². The van der Waals surface area contributed by atoms with Gasteiger partial charge in [-0.15, -0.1) is 0 Å². The zero-order valence-electron chi connectivity index (χ0n) is 24.5. The van der Waals surface area contributed by atoms with Crippen molar-refractivity contribution in [1.82, 2.24) is 14.7 Å². The number of rotatable bonds is 5. The maximum atomic E-state index is 12.9. The van der Waals surface area contributed by atoms with E-state index in [-0.39, 0.29) is 22.8 Å². The zero-order chi connectivity index (χ0) is 28.4. The Morgan fingerprint density at radius 1 is 0.897 bits per heavy atom. The number of aryl methyl sites for hydroxylation is 1. The first kappa shape index (κ1) is 28.4. The highest BCUT2D eigenvalue weighted by molar-refractivity contribution is 5.99. The fraction of sp³-hybridized carbons (Fsp3) is 0.469. The number of carbonyl (C=O) groups is 2. The molecule has 2 N–H and O–H groups in total. The van der Waals surface area contributed by atoms with E-state index in [0.717, 1.165) is 49.4 Å². The van der Waals surface area contributed by atoms with E-state index >= 15 is 0 Å². The van der Waals surface area contributed by atoms with Gasteiger partial charge >= 0.3 is 6.03 Å². The third-order valence-electron chi connectivity index (χ3n) is 7.28. The van der Waals surface area contributed by atoms with Gasteiger partial charge in [-0.3, -0.25) is 10.1 Å². The van der Waals surface area contributed by atoms with E-state index in [1.54, 1.807) is 4.68 Å². The maximum absolute atomic E-state index is 12.9. The van der Waals surface area contributed by atoms with Crippen LogP contribution in [0.4, 0.5) is 16.3 Å². The van der Waals surface area contributed by atoms with Crippen molar-refractivity contribution in [2.45, 2.75) is 73.1 Å². The number of carbonyl (C=O) groups excluding carboxylic acids is 2. The van der Waals surface area contributed by atoms with Gasteiger partial charge in [-0.2, -0.15) is 5.10 Å². The third-order valence-corrected chi connectivity index (χ3v) is 7.28. The van der Waals surface area contributed by atoms with Gasteiger partial charge in [-0.25, -0.2) is 9.48 Å². The minimum Gasteiger partial charge on any atom is -0.342 e. The predicted molar refractivity (Wildman–Crippen MR) is 159 cm³/mol. The molecular formula is C32H43N5O2. The molecule has 1 fully saturated rings. The number of likely N-dealkylation sites (tertiary alicyclic amines) is 1. The van der Waals surface area contributed by atoms with Crippen LogP contribution in [0, 0.1) is 18.3 Å². The highest BCUT2D eigenvalue weighted by Gasteiger charge is 2.30. The van der Waals surface area contributed by atoms with Gasteiger partial charge in [0.15, 0.2) is 0 Å². The van der Waals surface area contributed by atoms with Crippen LogP contribution in [0.15, 0.2) is 54.6 Å². The molecule has 0 unspecified atom stereocenters. The van der Waals surface area contributed by atoms with Crippen LogP contribution < -0.4 is 10.6 Å². The summed E-state index contributed by atoms with van der Waals surface area (Å²) >= 11 is 0. The molecule has 3 aromatic rings. The predicted octanol–water partition coefficient (Wildman–Crippen LogP) is 6.95. The molecule has 39 heavy (non-hydrogen) atoms. The van der Waals surface area contributed by atoms with Crippen molar-refractivity contribution in [1.29, 1.82) is 0 Å². The number of anilines is 2. The molecule has 7 nitrogen and oxygen atoms in total. The Morgan fingerprint density at radius 2 is 1.51 bits per heavy atom. The summed E-state index contributed by atoms with van der Waals surface area (Å²) in [5.74, 6) is 1.43. The van der Waals surface area contributed by atoms with Crippen LogP contribution in [-0.2, 0) is 16.6 Å². The van der Waals surface area contributed by atoms with Gasteiger partial charge in [0, 0.05) is 35.7 Å². The highest BCUT2D eigenvalue weighted by atomic mass is 16.2. The Bertz CT molecular complexity index is 1290. The number of nitrogens with zero attached hydrogens (tertiary/aromatic N) is 3. The van der Waals surface area contributed by atoms with E-state index in [2.05, 4.69) is 43.5 Å². The number of hydrogen-bond donors (Lipinski definition) is 2. The second-order valence-corrected chi connectivity index (χ2v) is 12.9. The van der Waals surface area contributed by atoms with Crippen LogP contribution in [0.5, 0.6) is 0 Å². The fourth-order valence-electron chi connectivity index (χ4n) is 4.87. The van der Waals surface area contributed by atoms with Crippen molar-refractivity contribution >= 4 is 23.4 Å². The largest absolute Gasteiger partial charge is 0.342 e. The molecule has 2 heterocycles. The van der Waals surface area contributed by atoms with Gasteiger partial charge in [0.05, 0.1) is 11.4 Å².